The van der Waals surface area contributed by atoms with Crippen LogP contribution in [-0.4, -0.2) is 24.2 Å². The Hall–Kier alpha value is -2.76. The van der Waals surface area contributed by atoms with Gasteiger partial charge in [0.1, 0.15) is 5.58 Å². The number of hydrogen-bond acceptors (Lipinski definition) is 4. The molecule has 5 nitrogen and oxygen atoms in total. The van der Waals surface area contributed by atoms with Crippen LogP contribution in [0.1, 0.15) is 55.8 Å². The fraction of sp³-hybridized carbons (Fsp3) is 0.280. The van der Waals surface area contributed by atoms with Crippen LogP contribution in [0.5, 0.6) is 0 Å². The van der Waals surface area contributed by atoms with E-state index in [1.54, 1.807) is 30.5 Å². The Kier molecular flexibility index (Phi) is 6.06. The van der Waals surface area contributed by atoms with Crippen molar-refractivity contribution in [1.82, 2.24) is 5.43 Å². The quantitative estimate of drug-likeness (QED) is 0.326. The van der Waals surface area contributed by atoms with Crippen LogP contribution in [0.15, 0.2) is 52.0 Å². The van der Waals surface area contributed by atoms with E-state index in [2.05, 4.69) is 49.2 Å². The van der Waals surface area contributed by atoms with Crippen LogP contribution in [0.3, 0.4) is 0 Å². The van der Waals surface area contributed by atoms with E-state index in [1.807, 2.05) is 12.1 Å². The van der Waals surface area contributed by atoms with Gasteiger partial charge in [-0.1, -0.05) is 36.2 Å². The van der Waals surface area contributed by atoms with Gasteiger partial charge in [-0.2, -0.15) is 5.10 Å². The van der Waals surface area contributed by atoms with Crippen molar-refractivity contribution in [2.45, 2.75) is 39.7 Å². The van der Waals surface area contributed by atoms with E-state index in [1.165, 1.54) is 5.57 Å². The summed E-state index contributed by atoms with van der Waals surface area (Å²) >= 11 is 12.6. The summed E-state index contributed by atoms with van der Waals surface area (Å²) in [5, 5.41) is 6.01. The first-order chi connectivity index (χ1) is 15.2. The minimum Gasteiger partial charge on any atom is -0.451 e. The summed E-state index contributed by atoms with van der Waals surface area (Å²) in [7, 11) is 0. The Morgan fingerprint density at radius 3 is 2.75 bits per heavy atom. The van der Waals surface area contributed by atoms with Crippen molar-refractivity contribution in [2.24, 2.45) is 5.10 Å². The molecule has 0 unspecified atom stereocenters. The first kappa shape index (κ1) is 22.4. The van der Waals surface area contributed by atoms with Crippen LogP contribution in [0.25, 0.3) is 16.5 Å². The summed E-state index contributed by atoms with van der Waals surface area (Å²) in [6.07, 6.45) is 4.86. The van der Waals surface area contributed by atoms with Gasteiger partial charge < -0.3 is 9.32 Å². The maximum absolute atomic E-state index is 12.4. The van der Waals surface area contributed by atoms with Crippen LogP contribution >= 0.6 is 23.2 Å². The van der Waals surface area contributed by atoms with Gasteiger partial charge >= 0.3 is 5.91 Å². The Morgan fingerprint density at radius 1 is 1.22 bits per heavy atom. The molecule has 2 heterocycles. The van der Waals surface area contributed by atoms with Gasteiger partial charge in [0.05, 0.1) is 16.8 Å². The monoisotopic (exact) mass is 469 g/mol. The zero-order valence-electron chi connectivity index (χ0n) is 18.5. The normalized spacial score (nSPS) is 15.2. The summed E-state index contributed by atoms with van der Waals surface area (Å²) in [4.78, 5) is 14.8. The molecule has 3 aromatic rings. The van der Waals surface area contributed by atoms with Crippen molar-refractivity contribution in [1.29, 1.82) is 0 Å². The third kappa shape index (κ3) is 4.27. The number of furan rings is 1. The van der Waals surface area contributed by atoms with E-state index in [9.17, 15) is 4.79 Å². The standard InChI is InChI=1S/C25H25Cl2N3O2/c1-5-8-30-21-12-20(27)17(10-19(21)15(2)13-25(30,3)4)14-28-29-24(31)23-11-16-9-18(26)6-7-22(16)32-23/h6-7,9-14H,5,8H2,1-4H3,(H,29,31)/b28-14-. The van der Waals surface area contributed by atoms with Gasteiger partial charge in [-0.15, -0.1) is 0 Å². The van der Waals surface area contributed by atoms with Crippen LogP contribution in [0, 0.1) is 0 Å². The zero-order chi connectivity index (χ0) is 23.0. The van der Waals surface area contributed by atoms with Crippen molar-refractivity contribution < 1.29 is 9.21 Å². The number of nitrogens with one attached hydrogen (secondary N) is 1. The van der Waals surface area contributed by atoms with Gasteiger partial charge in [0.25, 0.3) is 0 Å². The third-order valence-electron chi connectivity index (χ3n) is 5.62. The molecule has 4 rings (SSSR count). The molecule has 1 amide bonds. The molecule has 0 bridgehead atoms. The van der Waals surface area contributed by atoms with Crippen LogP contribution in [0.2, 0.25) is 10.0 Å². The maximum atomic E-state index is 12.4. The zero-order valence-corrected chi connectivity index (χ0v) is 20.0. The predicted molar refractivity (Wildman–Crippen MR) is 133 cm³/mol. The van der Waals surface area contributed by atoms with Crippen molar-refractivity contribution in [2.75, 3.05) is 11.4 Å². The first-order valence-corrected chi connectivity index (χ1v) is 11.3. The number of carbonyl (C=O) groups is 1. The van der Waals surface area contributed by atoms with E-state index in [4.69, 9.17) is 27.6 Å². The molecule has 0 fully saturated rings. The molecule has 166 valence electrons. The molecule has 1 aliphatic heterocycles. The average Bonchev–Trinajstić information content (AvgIpc) is 3.14. The van der Waals surface area contributed by atoms with Gasteiger partial charge in [0, 0.05) is 33.8 Å². The molecule has 0 radical (unpaired) electrons. The lowest BCUT2D eigenvalue weighted by molar-refractivity contribution is 0.0929. The molecule has 0 spiro atoms. The molecular weight excluding hydrogens is 445 g/mol. The molecule has 2 aromatic carbocycles. The first-order valence-electron chi connectivity index (χ1n) is 10.5. The van der Waals surface area contributed by atoms with E-state index in [0.29, 0.717) is 15.6 Å². The lowest BCUT2D eigenvalue weighted by atomic mass is 9.88. The maximum Gasteiger partial charge on any atom is 0.307 e. The van der Waals surface area contributed by atoms with Crippen molar-refractivity contribution in [3.05, 3.63) is 69.4 Å². The summed E-state index contributed by atoms with van der Waals surface area (Å²) in [6, 6.07) is 10.8. The molecule has 32 heavy (non-hydrogen) atoms. The molecule has 0 saturated heterocycles. The molecule has 1 N–H and O–H groups in total. The lowest BCUT2D eigenvalue weighted by Crippen LogP contribution is -2.45. The van der Waals surface area contributed by atoms with Gasteiger partial charge in [0.2, 0.25) is 0 Å². The predicted octanol–water partition coefficient (Wildman–Crippen LogP) is 6.92. The second-order valence-corrected chi connectivity index (χ2v) is 9.36. The fourth-order valence-electron chi connectivity index (χ4n) is 4.19. The van der Waals surface area contributed by atoms with E-state index >= 15 is 0 Å². The summed E-state index contributed by atoms with van der Waals surface area (Å²) in [5.41, 5.74) is 7.15. The summed E-state index contributed by atoms with van der Waals surface area (Å²) < 4.78 is 5.57. The molecule has 0 saturated carbocycles. The molecule has 1 aliphatic rings. The van der Waals surface area contributed by atoms with E-state index in [0.717, 1.165) is 35.2 Å². The number of rotatable bonds is 5. The van der Waals surface area contributed by atoms with Gasteiger partial charge in [-0.05, 0) is 69.2 Å². The second-order valence-electron chi connectivity index (χ2n) is 8.52. The minimum absolute atomic E-state index is 0.0865. The molecule has 1 aromatic heterocycles. The lowest BCUT2D eigenvalue weighted by Gasteiger charge is -2.43. The van der Waals surface area contributed by atoms with Gasteiger partial charge in [-0.3, -0.25) is 4.79 Å². The highest BCUT2D eigenvalue weighted by Crippen LogP contribution is 2.41. The number of halogens is 2. The third-order valence-corrected chi connectivity index (χ3v) is 6.18. The Morgan fingerprint density at radius 2 is 2.00 bits per heavy atom. The van der Waals surface area contributed by atoms with Crippen LogP contribution in [0.4, 0.5) is 5.69 Å². The highest BCUT2D eigenvalue weighted by atomic mass is 35.5. The van der Waals surface area contributed by atoms with Crippen LogP contribution in [-0.2, 0) is 0 Å². The number of carbonyl (C=O) groups excluding carboxylic acids is 1. The van der Waals surface area contributed by atoms with Gasteiger partial charge in [0.15, 0.2) is 5.76 Å². The number of benzene rings is 2. The molecule has 0 atom stereocenters. The van der Waals surface area contributed by atoms with Crippen molar-refractivity contribution >= 4 is 57.6 Å². The molecular formula is C25H25Cl2N3O2. The number of hydrogen-bond donors (Lipinski definition) is 1. The van der Waals surface area contributed by atoms with Gasteiger partial charge in [-0.25, -0.2) is 5.43 Å². The summed E-state index contributed by atoms with van der Waals surface area (Å²) in [5.74, 6) is -0.290. The smallest absolute Gasteiger partial charge is 0.307 e. The van der Waals surface area contributed by atoms with E-state index < -0.39 is 5.91 Å². The highest BCUT2D eigenvalue weighted by molar-refractivity contribution is 6.33. The topological polar surface area (TPSA) is 57.8 Å². The Bertz CT molecular complexity index is 1260. The van der Waals surface area contributed by atoms with Crippen LogP contribution < -0.4 is 10.3 Å². The number of anilines is 1. The van der Waals surface area contributed by atoms with Crippen molar-refractivity contribution in [3.8, 4) is 0 Å². The average molecular weight is 470 g/mol. The number of allylic oxidation sites excluding steroid dienone is 1. The van der Waals surface area contributed by atoms with Crippen molar-refractivity contribution in [3.63, 3.8) is 0 Å². The fourth-order valence-corrected chi connectivity index (χ4v) is 4.57. The molecule has 0 aliphatic carbocycles. The Labute approximate surface area is 197 Å². The number of fused-ring (bicyclic) bond motifs is 2. The number of nitrogens with zero attached hydrogens (tertiary/aromatic N) is 2. The number of amides is 1. The second kappa shape index (κ2) is 8.64. The largest absolute Gasteiger partial charge is 0.451 e. The minimum atomic E-state index is -0.449. The Balaban J connectivity index is 1.57. The SMILES string of the molecule is CCCN1c2cc(Cl)c(/C=N\NC(=O)c3cc4cc(Cl)ccc4o3)cc2C(C)=CC1(C)C. The molecule has 7 heteroatoms. The number of hydrazone groups is 1. The summed E-state index contributed by atoms with van der Waals surface area (Å²) in [6.45, 7) is 9.63. The highest BCUT2D eigenvalue weighted by Gasteiger charge is 2.31. The van der Waals surface area contributed by atoms with E-state index in [-0.39, 0.29) is 11.3 Å².